The van der Waals surface area contributed by atoms with Gasteiger partial charge in [0, 0.05) is 13.2 Å². The predicted molar refractivity (Wildman–Crippen MR) is 68.4 cm³/mol. The Balaban J connectivity index is 2.51. The monoisotopic (exact) mass is 282 g/mol. The lowest BCUT2D eigenvalue weighted by Crippen LogP contribution is -2.13. The van der Waals surface area contributed by atoms with Crippen LogP contribution in [0.1, 0.15) is 11.4 Å². The number of aromatic nitrogens is 3. The number of pyridine rings is 1. The number of sulfonamides is 1. The summed E-state index contributed by atoms with van der Waals surface area (Å²) in [6.07, 6.45) is 1.44. The second-order valence-corrected chi connectivity index (χ2v) is 5.61. The van der Waals surface area contributed by atoms with Gasteiger partial charge < -0.3 is 4.74 Å². The summed E-state index contributed by atoms with van der Waals surface area (Å²) in [6, 6.07) is 2.83. The first-order valence-electron chi connectivity index (χ1n) is 5.46. The molecule has 2 aromatic rings. The minimum Gasteiger partial charge on any atom is -0.434 e. The van der Waals surface area contributed by atoms with Crippen LogP contribution in [0, 0.1) is 13.8 Å². The highest BCUT2D eigenvalue weighted by molar-refractivity contribution is 7.89. The number of nitrogens with two attached hydrogens (primary N) is 1. The van der Waals surface area contributed by atoms with Crippen molar-refractivity contribution in [3.8, 4) is 11.6 Å². The molecule has 0 aliphatic rings. The van der Waals surface area contributed by atoms with Crippen molar-refractivity contribution < 1.29 is 13.2 Å². The van der Waals surface area contributed by atoms with E-state index in [2.05, 4.69) is 10.1 Å². The zero-order valence-corrected chi connectivity index (χ0v) is 11.6. The van der Waals surface area contributed by atoms with E-state index in [1.165, 1.54) is 18.3 Å². The summed E-state index contributed by atoms with van der Waals surface area (Å²) in [5.41, 5.74) is 1.41. The van der Waals surface area contributed by atoms with Crippen molar-refractivity contribution in [2.45, 2.75) is 18.7 Å². The van der Waals surface area contributed by atoms with Crippen LogP contribution in [0.5, 0.6) is 11.6 Å². The van der Waals surface area contributed by atoms with E-state index in [0.717, 1.165) is 5.69 Å². The Morgan fingerprint density at radius 1 is 1.37 bits per heavy atom. The van der Waals surface area contributed by atoms with Crippen LogP contribution in [0.3, 0.4) is 0 Å². The van der Waals surface area contributed by atoms with Crippen LogP contribution in [0.4, 0.5) is 0 Å². The van der Waals surface area contributed by atoms with E-state index in [9.17, 15) is 8.42 Å². The summed E-state index contributed by atoms with van der Waals surface area (Å²) >= 11 is 0. The van der Waals surface area contributed by atoms with Gasteiger partial charge in [-0.25, -0.2) is 18.5 Å². The van der Waals surface area contributed by atoms with E-state index in [-0.39, 0.29) is 10.8 Å². The number of hydrogen-bond acceptors (Lipinski definition) is 5. The fourth-order valence-electron chi connectivity index (χ4n) is 1.67. The number of hydrogen-bond donors (Lipinski definition) is 1. The van der Waals surface area contributed by atoms with E-state index in [1.54, 1.807) is 18.7 Å². The Morgan fingerprint density at radius 2 is 2.05 bits per heavy atom. The zero-order chi connectivity index (χ0) is 14.2. The number of primary sulfonamides is 1. The van der Waals surface area contributed by atoms with Gasteiger partial charge in [0.2, 0.25) is 15.9 Å². The molecule has 0 fully saturated rings. The summed E-state index contributed by atoms with van der Waals surface area (Å²) in [6.45, 7) is 3.58. The van der Waals surface area contributed by atoms with E-state index >= 15 is 0 Å². The summed E-state index contributed by atoms with van der Waals surface area (Å²) in [5, 5.41) is 9.31. The van der Waals surface area contributed by atoms with Crippen molar-refractivity contribution >= 4 is 10.0 Å². The normalized spacial score (nSPS) is 11.6. The molecule has 102 valence electrons. The predicted octanol–water partition coefficient (Wildman–Crippen LogP) is 0.872. The van der Waals surface area contributed by atoms with Gasteiger partial charge in [-0.15, -0.1) is 0 Å². The van der Waals surface area contributed by atoms with Crippen LogP contribution in [0.15, 0.2) is 23.2 Å². The average molecular weight is 282 g/mol. The molecule has 2 aromatic heterocycles. The van der Waals surface area contributed by atoms with E-state index in [4.69, 9.17) is 9.88 Å². The molecular weight excluding hydrogens is 268 g/mol. The number of nitrogens with zero attached hydrogens (tertiary/aromatic N) is 3. The fourth-order valence-corrected chi connectivity index (χ4v) is 2.27. The van der Waals surface area contributed by atoms with Crippen molar-refractivity contribution in [2.75, 3.05) is 0 Å². The topological polar surface area (TPSA) is 100 Å². The van der Waals surface area contributed by atoms with Crippen LogP contribution < -0.4 is 9.88 Å². The molecule has 0 aromatic carbocycles. The summed E-state index contributed by atoms with van der Waals surface area (Å²) in [5.74, 6) is 0.426. The number of rotatable bonds is 3. The molecule has 0 aliphatic carbocycles. The molecule has 0 aliphatic heterocycles. The summed E-state index contributed by atoms with van der Waals surface area (Å²) < 4.78 is 30.1. The highest BCUT2D eigenvalue weighted by Gasteiger charge is 2.19. The van der Waals surface area contributed by atoms with Gasteiger partial charge in [-0.05, 0) is 26.0 Å². The van der Waals surface area contributed by atoms with Crippen molar-refractivity contribution in [3.63, 3.8) is 0 Å². The molecular formula is C11H14N4O3S. The minimum atomic E-state index is -3.89. The third kappa shape index (κ3) is 2.59. The standard InChI is InChI=1S/C11H14N4O3S/c1-7-10(8(2)15(3)14-7)18-11-9(19(12,16)17)5-4-6-13-11/h4-6H,1-3H3,(H2,12,16,17). The maximum absolute atomic E-state index is 11.5. The summed E-state index contributed by atoms with van der Waals surface area (Å²) in [7, 11) is -2.12. The molecule has 19 heavy (non-hydrogen) atoms. The molecule has 0 atom stereocenters. The molecule has 2 N–H and O–H groups in total. The van der Waals surface area contributed by atoms with Crippen LogP contribution >= 0.6 is 0 Å². The van der Waals surface area contributed by atoms with Gasteiger partial charge in [-0.3, -0.25) is 4.68 Å². The van der Waals surface area contributed by atoms with Gasteiger partial charge in [-0.2, -0.15) is 5.10 Å². The van der Waals surface area contributed by atoms with Crippen molar-refractivity contribution in [1.82, 2.24) is 14.8 Å². The number of aryl methyl sites for hydroxylation is 2. The van der Waals surface area contributed by atoms with Crippen molar-refractivity contribution in [3.05, 3.63) is 29.7 Å². The molecule has 0 spiro atoms. The van der Waals surface area contributed by atoms with Crippen LogP contribution in [-0.2, 0) is 17.1 Å². The molecule has 0 saturated carbocycles. The lowest BCUT2D eigenvalue weighted by molar-refractivity contribution is 0.440. The van der Waals surface area contributed by atoms with E-state index in [1.807, 2.05) is 6.92 Å². The summed E-state index contributed by atoms with van der Waals surface area (Å²) in [4.78, 5) is 3.76. The first-order valence-corrected chi connectivity index (χ1v) is 7.01. The lowest BCUT2D eigenvalue weighted by atomic mass is 10.3. The van der Waals surface area contributed by atoms with Gasteiger partial charge in [-0.1, -0.05) is 0 Å². The van der Waals surface area contributed by atoms with Gasteiger partial charge in [0.05, 0.1) is 5.69 Å². The molecule has 0 radical (unpaired) electrons. The molecule has 2 rings (SSSR count). The quantitative estimate of drug-likeness (QED) is 0.900. The van der Waals surface area contributed by atoms with Gasteiger partial charge in [0.15, 0.2) is 5.75 Å². The van der Waals surface area contributed by atoms with Gasteiger partial charge in [0.25, 0.3) is 0 Å². The minimum absolute atomic E-state index is 0.0517. The van der Waals surface area contributed by atoms with Crippen molar-refractivity contribution in [2.24, 2.45) is 12.2 Å². The Bertz CT molecular complexity index is 722. The molecule has 8 heteroatoms. The zero-order valence-electron chi connectivity index (χ0n) is 10.8. The Morgan fingerprint density at radius 3 is 2.58 bits per heavy atom. The van der Waals surface area contributed by atoms with Crippen LogP contribution in [0.2, 0.25) is 0 Å². The first-order chi connectivity index (χ1) is 8.80. The maximum atomic E-state index is 11.5. The Kier molecular flexibility index (Phi) is 3.29. The largest absolute Gasteiger partial charge is 0.434 e. The maximum Gasteiger partial charge on any atom is 0.243 e. The van der Waals surface area contributed by atoms with Crippen LogP contribution in [0.25, 0.3) is 0 Å². The highest BCUT2D eigenvalue weighted by Crippen LogP contribution is 2.30. The molecule has 0 saturated heterocycles. The first kappa shape index (κ1) is 13.5. The van der Waals surface area contributed by atoms with Gasteiger partial charge >= 0.3 is 0 Å². The third-order valence-electron chi connectivity index (χ3n) is 2.68. The molecule has 7 nitrogen and oxygen atoms in total. The second kappa shape index (κ2) is 4.63. The van der Waals surface area contributed by atoms with E-state index in [0.29, 0.717) is 11.4 Å². The molecule has 2 heterocycles. The average Bonchev–Trinajstić information content (AvgIpc) is 2.55. The van der Waals surface area contributed by atoms with Gasteiger partial charge in [0.1, 0.15) is 10.6 Å². The smallest absolute Gasteiger partial charge is 0.243 e. The van der Waals surface area contributed by atoms with Crippen LogP contribution in [-0.4, -0.2) is 23.2 Å². The third-order valence-corrected chi connectivity index (χ3v) is 3.61. The second-order valence-electron chi connectivity index (χ2n) is 4.08. The molecule has 0 unspecified atom stereocenters. The Labute approximate surface area is 111 Å². The highest BCUT2D eigenvalue weighted by atomic mass is 32.2. The molecule has 0 bridgehead atoms. The fraction of sp³-hybridized carbons (Fsp3) is 0.273. The Hall–Kier alpha value is -1.93. The number of ether oxygens (including phenoxy) is 1. The molecule has 0 amide bonds. The van der Waals surface area contributed by atoms with Crippen molar-refractivity contribution in [1.29, 1.82) is 0 Å². The lowest BCUT2D eigenvalue weighted by Gasteiger charge is -2.08. The SMILES string of the molecule is Cc1nn(C)c(C)c1Oc1ncccc1S(N)(=O)=O. The van der Waals surface area contributed by atoms with E-state index < -0.39 is 10.0 Å².